The smallest absolute Gasteiger partial charge is 0.328 e. The summed E-state index contributed by atoms with van der Waals surface area (Å²) in [7, 11) is 0. The van der Waals surface area contributed by atoms with E-state index in [1.807, 2.05) is 0 Å². The first-order valence-corrected chi connectivity index (χ1v) is 12.1. The van der Waals surface area contributed by atoms with E-state index in [0.717, 1.165) is 48.8 Å². The van der Waals surface area contributed by atoms with Crippen molar-refractivity contribution in [3.8, 4) is 0 Å². The highest BCUT2D eigenvalue weighted by atomic mass is 35.5. The third-order valence-electron chi connectivity index (χ3n) is 5.04. The van der Waals surface area contributed by atoms with Gasteiger partial charge in [-0.15, -0.1) is 0 Å². The molecule has 0 saturated heterocycles. The molecule has 1 aliphatic rings. The summed E-state index contributed by atoms with van der Waals surface area (Å²) >= 11 is 14.2. The number of aliphatic carboxylic acids is 1. The standard InChI is InChI=1S/C20H22Cl2FN3O3S2/c1-20(2,17(27)28)31-14-9-24-18(30-14)25-19(29)26(10-11-5-3-4-6-11)13-8-7-12(21)15(22)16(13)23/h7-9,11H,3-6,10H2,1-2H3,(H,27,28)(H,24,25,29). The van der Waals surface area contributed by atoms with Gasteiger partial charge in [-0.25, -0.2) is 14.2 Å². The molecule has 0 atom stereocenters. The van der Waals surface area contributed by atoms with Crippen LogP contribution in [-0.2, 0) is 4.79 Å². The number of halogens is 3. The van der Waals surface area contributed by atoms with Crippen molar-refractivity contribution >= 4 is 69.1 Å². The number of hydrogen-bond donors (Lipinski definition) is 2. The first-order chi connectivity index (χ1) is 14.6. The average Bonchev–Trinajstić information content (AvgIpc) is 3.36. The van der Waals surface area contributed by atoms with Gasteiger partial charge in [0.1, 0.15) is 4.75 Å². The number of anilines is 2. The second-order valence-electron chi connectivity index (χ2n) is 7.79. The Morgan fingerprint density at radius 3 is 2.68 bits per heavy atom. The van der Waals surface area contributed by atoms with Crippen LogP contribution in [0.2, 0.25) is 10.0 Å². The topological polar surface area (TPSA) is 82.5 Å². The van der Waals surface area contributed by atoms with Crippen LogP contribution in [0.1, 0.15) is 39.5 Å². The minimum Gasteiger partial charge on any atom is -0.480 e. The van der Waals surface area contributed by atoms with Gasteiger partial charge < -0.3 is 5.11 Å². The average molecular weight is 506 g/mol. The molecule has 0 unspecified atom stereocenters. The van der Waals surface area contributed by atoms with Crippen molar-refractivity contribution in [3.63, 3.8) is 0 Å². The molecule has 3 rings (SSSR count). The lowest BCUT2D eigenvalue weighted by molar-refractivity contribution is -0.138. The van der Waals surface area contributed by atoms with Crippen LogP contribution in [0.5, 0.6) is 0 Å². The molecule has 11 heteroatoms. The monoisotopic (exact) mass is 505 g/mol. The zero-order chi connectivity index (χ0) is 22.8. The highest BCUT2D eigenvalue weighted by molar-refractivity contribution is 8.03. The predicted octanol–water partition coefficient (Wildman–Crippen LogP) is 6.77. The second kappa shape index (κ2) is 9.94. The van der Waals surface area contributed by atoms with E-state index in [-0.39, 0.29) is 21.7 Å². The van der Waals surface area contributed by atoms with Crippen molar-refractivity contribution in [2.75, 3.05) is 16.8 Å². The Labute approximate surface area is 198 Å². The van der Waals surface area contributed by atoms with E-state index >= 15 is 0 Å². The molecule has 0 bridgehead atoms. The lowest BCUT2D eigenvalue weighted by atomic mass is 10.1. The lowest BCUT2D eigenvalue weighted by Crippen LogP contribution is -2.38. The van der Waals surface area contributed by atoms with Gasteiger partial charge in [-0.2, -0.15) is 0 Å². The van der Waals surface area contributed by atoms with Crippen molar-refractivity contribution in [1.29, 1.82) is 0 Å². The first-order valence-electron chi connectivity index (χ1n) is 9.68. The van der Waals surface area contributed by atoms with Gasteiger partial charge in [0.15, 0.2) is 10.9 Å². The molecule has 0 radical (unpaired) electrons. The Morgan fingerprint density at radius 2 is 2.03 bits per heavy atom. The van der Waals surface area contributed by atoms with Crippen molar-refractivity contribution in [3.05, 3.63) is 34.2 Å². The number of thiazole rings is 1. The van der Waals surface area contributed by atoms with E-state index in [1.165, 1.54) is 23.2 Å². The summed E-state index contributed by atoms with van der Waals surface area (Å²) in [4.78, 5) is 29.9. The van der Waals surface area contributed by atoms with Gasteiger partial charge in [-0.1, -0.05) is 59.1 Å². The third kappa shape index (κ3) is 5.83. The van der Waals surface area contributed by atoms with Crippen LogP contribution < -0.4 is 10.2 Å². The predicted molar refractivity (Wildman–Crippen MR) is 124 cm³/mol. The molecule has 2 amide bonds. The Hall–Kier alpha value is -1.55. The van der Waals surface area contributed by atoms with Crippen molar-refractivity contribution in [2.45, 2.75) is 48.5 Å². The fraction of sp³-hybridized carbons (Fsp3) is 0.450. The van der Waals surface area contributed by atoms with E-state index in [9.17, 15) is 19.1 Å². The molecular formula is C20H22Cl2FN3O3S2. The molecule has 1 aromatic carbocycles. The maximum atomic E-state index is 14.8. The van der Waals surface area contributed by atoms with Gasteiger partial charge in [0.25, 0.3) is 0 Å². The molecule has 31 heavy (non-hydrogen) atoms. The Morgan fingerprint density at radius 1 is 1.35 bits per heavy atom. The number of hydrogen-bond acceptors (Lipinski definition) is 5. The number of carboxylic acid groups (broad SMARTS) is 1. The largest absolute Gasteiger partial charge is 0.480 e. The highest BCUT2D eigenvalue weighted by Crippen LogP contribution is 2.38. The molecule has 1 aliphatic carbocycles. The molecule has 0 aliphatic heterocycles. The molecular weight excluding hydrogens is 484 g/mol. The number of rotatable bonds is 7. The maximum absolute atomic E-state index is 14.8. The Kier molecular flexibility index (Phi) is 7.72. The van der Waals surface area contributed by atoms with E-state index in [1.54, 1.807) is 13.8 Å². The van der Waals surface area contributed by atoms with Crippen LogP contribution >= 0.6 is 46.3 Å². The molecule has 1 saturated carbocycles. The molecule has 168 valence electrons. The number of nitrogens with one attached hydrogen (secondary N) is 1. The quantitative estimate of drug-likeness (QED) is 0.320. The normalized spacial score (nSPS) is 14.6. The zero-order valence-corrected chi connectivity index (χ0v) is 20.1. The van der Waals surface area contributed by atoms with Gasteiger partial charge in [-0.05, 0) is 44.7 Å². The summed E-state index contributed by atoms with van der Waals surface area (Å²) in [5.41, 5.74) is 0.0527. The Bertz CT molecular complexity index is 981. The Balaban J connectivity index is 1.81. The molecule has 6 nitrogen and oxygen atoms in total. The lowest BCUT2D eigenvalue weighted by Gasteiger charge is -2.26. The van der Waals surface area contributed by atoms with Gasteiger partial charge in [0.2, 0.25) is 0 Å². The molecule has 1 fully saturated rings. The fourth-order valence-corrected chi connectivity index (χ4v) is 5.85. The number of amides is 2. The zero-order valence-electron chi connectivity index (χ0n) is 17.0. The van der Waals surface area contributed by atoms with Crippen molar-refractivity contribution in [2.24, 2.45) is 5.92 Å². The number of thioether (sulfide) groups is 1. The number of urea groups is 1. The number of carbonyl (C=O) groups excluding carboxylic acids is 1. The van der Waals surface area contributed by atoms with Crippen LogP contribution in [0.4, 0.5) is 20.0 Å². The van der Waals surface area contributed by atoms with Gasteiger partial charge in [-0.3, -0.25) is 15.0 Å². The van der Waals surface area contributed by atoms with E-state index in [0.29, 0.717) is 15.9 Å². The minimum atomic E-state index is -1.04. The third-order valence-corrected chi connectivity index (χ3v) is 8.02. The van der Waals surface area contributed by atoms with Crippen LogP contribution in [0.3, 0.4) is 0 Å². The van der Waals surface area contributed by atoms with Crippen LogP contribution in [-0.4, -0.2) is 33.4 Å². The SMILES string of the molecule is CC(C)(Sc1cnc(NC(=O)N(CC2CCCC2)c2ccc(Cl)c(Cl)c2F)s1)C(=O)O. The molecule has 2 N–H and O–H groups in total. The second-order valence-corrected chi connectivity index (χ2v) is 11.5. The van der Waals surface area contributed by atoms with Gasteiger partial charge in [0.05, 0.1) is 26.1 Å². The summed E-state index contributed by atoms with van der Waals surface area (Å²) in [6.07, 6.45) is 5.60. The first kappa shape index (κ1) is 24.1. The highest BCUT2D eigenvalue weighted by Gasteiger charge is 2.30. The van der Waals surface area contributed by atoms with Crippen LogP contribution in [0, 0.1) is 11.7 Å². The fourth-order valence-electron chi connectivity index (χ4n) is 3.28. The van der Waals surface area contributed by atoms with Gasteiger partial charge >= 0.3 is 12.0 Å². The van der Waals surface area contributed by atoms with E-state index in [4.69, 9.17) is 23.2 Å². The van der Waals surface area contributed by atoms with Crippen molar-refractivity contribution < 1.29 is 19.1 Å². The summed E-state index contributed by atoms with van der Waals surface area (Å²) in [6, 6.07) is 2.37. The number of nitrogens with zero attached hydrogens (tertiary/aromatic N) is 2. The number of aromatic nitrogens is 1. The van der Waals surface area contributed by atoms with Crippen LogP contribution in [0.15, 0.2) is 22.5 Å². The van der Waals surface area contributed by atoms with Crippen molar-refractivity contribution in [1.82, 2.24) is 4.98 Å². The number of carbonyl (C=O) groups is 2. The summed E-state index contributed by atoms with van der Waals surface area (Å²) in [6.45, 7) is 3.53. The minimum absolute atomic E-state index is 0.0527. The summed E-state index contributed by atoms with van der Waals surface area (Å²) in [5.74, 6) is -1.44. The maximum Gasteiger partial charge on any atom is 0.328 e. The number of benzene rings is 1. The molecule has 1 aromatic heterocycles. The van der Waals surface area contributed by atoms with Crippen LogP contribution in [0.25, 0.3) is 0 Å². The summed E-state index contributed by atoms with van der Waals surface area (Å²) in [5, 5.41) is 12.1. The van der Waals surface area contributed by atoms with E-state index < -0.39 is 22.6 Å². The van der Waals surface area contributed by atoms with Gasteiger partial charge in [0, 0.05) is 6.54 Å². The summed E-state index contributed by atoms with van der Waals surface area (Å²) < 4.78 is 14.4. The molecule has 1 heterocycles. The number of carboxylic acids is 1. The van der Waals surface area contributed by atoms with E-state index in [2.05, 4.69) is 10.3 Å². The molecule has 0 spiro atoms. The molecule has 2 aromatic rings.